The van der Waals surface area contributed by atoms with Crippen molar-refractivity contribution in [3.63, 3.8) is 0 Å². The molecule has 168 valence electrons. The molecule has 0 atom stereocenters. The average Bonchev–Trinajstić information content (AvgIpc) is 3.05. The highest BCUT2D eigenvalue weighted by molar-refractivity contribution is 6.46. The topological polar surface area (TPSA) is 61.9 Å². The minimum Gasteiger partial charge on any atom is -0.495 e. The highest BCUT2D eigenvalue weighted by Gasteiger charge is 2.40. The third-order valence-electron chi connectivity index (χ3n) is 5.85. The van der Waals surface area contributed by atoms with Gasteiger partial charge < -0.3 is 15.0 Å². The van der Waals surface area contributed by atoms with Crippen LogP contribution in [0.15, 0.2) is 72.4 Å². The minimum atomic E-state index is -0.407. The number of imide groups is 1. The van der Waals surface area contributed by atoms with E-state index in [0.29, 0.717) is 28.3 Å². The number of para-hydroxylation sites is 2. The van der Waals surface area contributed by atoms with Gasteiger partial charge in [-0.1, -0.05) is 36.4 Å². The first-order chi connectivity index (χ1) is 15.8. The Bertz CT molecular complexity index is 1280. The Balaban J connectivity index is 1.86. The molecule has 2 amide bonds. The lowest BCUT2D eigenvalue weighted by Gasteiger charge is -2.19. The third kappa shape index (κ3) is 4.07. The third-order valence-corrected chi connectivity index (χ3v) is 5.85. The van der Waals surface area contributed by atoms with Crippen LogP contribution in [0, 0.1) is 13.8 Å². The molecule has 0 fully saturated rings. The van der Waals surface area contributed by atoms with Crippen LogP contribution in [0.4, 0.5) is 17.1 Å². The molecule has 0 unspecified atom stereocenters. The smallest absolute Gasteiger partial charge is 0.282 e. The number of hydrogen-bond donors (Lipinski definition) is 1. The van der Waals surface area contributed by atoms with Crippen molar-refractivity contribution in [3.8, 4) is 5.75 Å². The first kappa shape index (κ1) is 22.1. The molecule has 0 bridgehead atoms. The Morgan fingerprint density at radius 3 is 2.30 bits per heavy atom. The Morgan fingerprint density at radius 2 is 1.61 bits per heavy atom. The summed E-state index contributed by atoms with van der Waals surface area (Å²) < 4.78 is 5.45. The molecule has 1 aliphatic heterocycles. The van der Waals surface area contributed by atoms with Gasteiger partial charge in [-0.3, -0.25) is 9.59 Å². The van der Waals surface area contributed by atoms with E-state index in [1.165, 1.54) is 4.90 Å². The van der Waals surface area contributed by atoms with Crippen LogP contribution in [0.3, 0.4) is 0 Å². The van der Waals surface area contributed by atoms with Gasteiger partial charge in [-0.25, -0.2) is 4.90 Å². The second-order valence-electron chi connectivity index (χ2n) is 8.23. The number of amides is 2. The number of nitrogens with one attached hydrogen (secondary N) is 1. The van der Waals surface area contributed by atoms with Gasteiger partial charge in [-0.15, -0.1) is 0 Å². The Morgan fingerprint density at radius 1 is 0.848 bits per heavy atom. The van der Waals surface area contributed by atoms with E-state index in [9.17, 15) is 9.59 Å². The van der Waals surface area contributed by atoms with Gasteiger partial charge in [0.1, 0.15) is 11.4 Å². The molecular weight excluding hydrogens is 414 g/mol. The van der Waals surface area contributed by atoms with Crippen molar-refractivity contribution in [2.24, 2.45) is 0 Å². The summed E-state index contributed by atoms with van der Waals surface area (Å²) in [5, 5.41) is 3.19. The second-order valence-corrected chi connectivity index (χ2v) is 8.23. The van der Waals surface area contributed by atoms with E-state index in [0.717, 1.165) is 16.8 Å². The van der Waals surface area contributed by atoms with E-state index in [-0.39, 0.29) is 11.6 Å². The molecule has 0 radical (unpaired) electrons. The van der Waals surface area contributed by atoms with Crippen LogP contribution in [-0.2, 0) is 9.59 Å². The summed E-state index contributed by atoms with van der Waals surface area (Å²) in [4.78, 5) is 30.5. The molecule has 0 saturated heterocycles. The van der Waals surface area contributed by atoms with Gasteiger partial charge in [0, 0.05) is 19.8 Å². The van der Waals surface area contributed by atoms with E-state index in [2.05, 4.69) is 5.32 Å². The number of benzene rings is 3. The average molecular weight is 442 g/mol. The maximum absolute atomic E-state index is 13.7. The Labute approximate surface area is 194 Å². The molecule has 1 aliphatic rings. The monoisotopic (exact) mass is 441 g/mol. The largest absolute Gasteiger partial charge is 0.495 e. The predicted octanol–water partition coefficient (Wildman–Crippen LogP) is 4.77. The summed E-state index contributed by atoms with van der Waals surface area (Å²) in [7, 11) is 5.40. The lowest BCUT2D eigenvalue weighted by atomic mass is 9.99. The molecule has 0 aromatic heterocycles. The lowest BCUT2D eigenvalue weighted by Crippen LogP contribution is -2.32. The van der Waals surface area contributed by atoms with Gasteiger partial charge in [0.2, 0.25) is 0 Å². The predicted molar refractivity (Wildman–Crippen MR) is 133 cm³/mol. The minimum absolute atomic E-state index is 0.225. The van der Waals surface area contributed by atoms with Crippen LogP contribution in [-0.4, -0.2) is 33.0 Å². The van der Waals surface area contributed by atoms with Crippen LogP contribution < -0.4 is 19.9 Å². The van der Waals surface area contributed by atoms with Gasteiger partial charge in [-0.2, -0.15) is 0 Å². The first-order valence-electron chi connectivity index (χ1n) is 10.7. The highest BCUT2D eigenvalue weighted by Crippen LogP contribution is 2.36. The number of aryl methyl sites for hydroxylation is 2. The van der Waals surface area contributed by atoms with E-state index >= 15 is 0 Å². The summed E-state index contributed by atoms with van der Waals surface area (Å²) >= 11 is 0. The molecule has 6 nitrogen and oxygen atoms in total. The molecular formula is C27H27N3O3. The number of ether oxygens (including phenoxy) is 1. The van der Waals surface area contributed by atoms with Crippen LogP contribution in [0.25, 0.3) is 5.57 Å². The quantitative estimate of drug-likeness (QED) is 0.558. The molecule has 33 heavy (non-hydrogen) atoms. The zero-order chi connectivity index (χ0) is 23.7. The summed E-state index contributed by atoms with van der Waals surface area (Å²) in [5.74, 6) is -0.190. The fourth-order valence-corrected chi connectivity index (χ4v) is 3.84. The summed E-state index contributed by atoms with van der Waals surface area (Å²) in [6.45, 7) is 4.01. The van der Waals surface area contributed by atoms with Gasteiger partial charge in [0.05, 0.1) is 24.1 Å². The molecule has 3 aromatic rings. The molecule has 1 N–H and O–H groups in total. The standard InChI is InChI=1S/C27H27N3O3/c1-17-13-14-19(15-18(17)2)24-25(28-22-11-6-7-12-23(22)33-5)27(32)30(26(24)31)21-10-8-9-20(16-21)29(3)4/h6-16,28H,1-5H3. The van der Waals surface area contributed by atoms with Crippen molar-refractivity contribution < 1.29 is 14.3 Å². The van der Waals surface area contributed by atoms with Crippen LogP contribution >= 0.6 is 0 Å². The maximum Gasteiger partial charge on any atom is 0.282 e. The van der Waals surface area contributed by atoms with Crippen LogP contribution in [0.5, 0.6) is 5.75 Å². The zero-order valence-corrected chi connectivity index (χ0v) is 19.5. The molecule has 0 aliphatic carbocycles. The van der Waals surface area contributed by atoms with E-state index in [4.69, 9.17) is 4.74 Å². The molecule has 4 rings (SSSR count). The second kappa shape index (κ2) is 8.82. The van der Waals surface area contributed by atoms with Crippen LogP contribution in [0.1, 0.15) is 16.7 Å². The van der Waals surface area contributed by atoms with Gasteiger partial charge in [0.15, 0.2) is 0 Å². The van der Waals surface area contributed by atoms with Crippen molar-refractivity contribution in [3.05, 3.63) is 89.1 Å². The molecule has 0 saturated carbocycles. The highest BCUT2D eigenvalue weighted by atomic mass is 16.5. The lowest BCUT2D eigenvalue weighted by molar-refractivity contribution is -0.120. The van der Waals surface area contributed by atoms with Gasteiger partial charge >= 0.3 is 0 Å². The van der Waals surface area contributed by atoms with Crippen molar-refractivity contribution in [1.29, 1.82) is 0 Å². The van der Waals surface area contributed by atoms with Crippen molar-refractivity contribution in [2.75, 3.05) is 36.3 Å². The maximum atomic E-state index is 13.7. The first-order valence-corrected chi connectivity index (χ1v) is 10.7. The SMILES string of the molecule is COc1ccccc1NC1=C(c2ccc(C)c(C)c2)C(=O)N(c2cccc(N(C)C)c2)C1=O. The van der Waals surface area contributed by atoms with Gasteiger partial charge in [0.25, 0.3) is 11.8 Å². The number of carbonyl (C=O) groups is 2. The summed E-state index contributed by atoms with van der Waals surface area (Å²) in [5.41, 5.74) is 5.45. The summed E-state index contributed by atoms with van der Waals surface area (Å²) in [6.07, 6.45) is 0. The fraction of sp³-hybridized carbons (Fsp3) is 0.185. The fourth-order valence-electron chi connectivity index (χ4n) is 3.84. The van der Waals surface area contributed by atoms with E-state index in [1.807, 2.05) is 87.4 Å². The number of nitrogens with zero attached hydrogens (tertiary/aromatic N) is 2. The number of anilines is 3. The Hall–Kier alpha value is -4.06. The molecule has 0 spiro atoms. The number of carbonyl (C=O) groups excluding carboxylic acids is 2. The van der Waals surface area contributed by atoms with Crippen molar-refractivity contribution in [1.82, 2.24) is 0 Å². The van der Waals surface area contributed by atoms with Crippen LogP contribution in [0.2, 0.25) is 0 Å². The summed E-state index contributed by atoms with van der Waals surface area (Å²) in [6, 6.07) is 20.5. The van der Waals surface area contributed by atoms with Gasteiger partial charge in [-0.05, 0) is 60.9 Å². The normalized spacial score (nSPS) is 13.5. The molecule has 1 heterocycles. The number of rotatable bonds is 6. The van der Waals surface area contributed by atoms with E-state index < -0.39 is 5.91 Å². The number of hydrogen-bond acceptors (Lipinski definition) is 5. The zero-order valence-electron chi connectivity index (χ0n) is 19.5. The Kier molecular flexibility index (Phi) is 5.92. The van der Waals surface area contributed by atoms with E-state index in [1.54, 1.807) is 19.2 Å². The van der Waals surface area contributed by atoms with Crippen molar-refractivity contribution >= 4 is 34.4 Å². The molecule has 3 aromatic carbocycles. The number of methoxy groups -OCH3 is 1. The molecule has 6 heteroatoms. The van der Waals surface area contributed by atoms with Crippen molar-refractivity contribution in [2.45, 2.75) is 13.8 Å².